The van der Waals surface area contributed by atoms with Gasteiger partial charge in [0.25, 0.3) is 0 Å². The van der Waals surface area contributed by atoms with Crippen LogP contribution in [0.15, 0.2) is 35.7 Å². The third-order valence-electron chi connectivity index (χ3n) is 2.89. The highest BCUT2D eigenvalue weighted by Crippen LogP contribution is 2.27. The lowest BCUT2D eigenvalue weighted by Gasteiger charge is -2.15. The number of hydrogen-bond acceptors (Lipinski definition) is 4. The van der Waals surface area contributed by atoms with Gasteiger partial charge in [-0.15, -0.1) is 11.3 Å². The molecule has 19 heavy (non-hydrogen) atoms. The smallest absolute Gasteiger partial charge is 0.119 e. The zero-order valence-corrected chi connectivity index (χ0v) is 12.0. The summed E-state index contributed by atoms with van der Waals surface area (Å²) in [7, 11) is 0. The summed E-state index contributed by atoms with van der Waals surface area (Å²) in [4.78, 5) is 1.36. The number of benzene rings is 1. The molecule has 1 atom stereocenters. The predicted octanol–water partition coefficient (Wildman–Crippen LogP) is 3.60. The summed E-state index contributed by atoms with van der Waals surface area (Å²) in [5.41, 5.74) is 2.39. The molecule has 0 fully saturated rings. The number of aryl methyl sites for hydroxylation is 1. The molecule has 1 aromatic carbocycles. The minimum Gasteiger partial charge on any atom is -0.491 e. The summed E-state index contributed by atoms with van der Waals surface area (Å²) in [5.74, 6) is 0.777. The van der Waals surface area contributed by atoms with Crippen molar-refractivity contribution in [2.24, 2.45) is 0 Å². The summed E-state index contributed by atoms with van der Waals surface area (Å²) < 4.78 is 5.33. The lowest BCUT2D eigenvalue weighted by atomic mass is 10.2. The van der Waals surface area contributed by atoms with E-state index in [2.05, 4.69) is 30.6 Å². The van der Waals surface area contributed by atoms with Crippen LogP contribution in [-0.2, 0) is 0 Å². The summed E-state index contributed by atoms with van der Waals surface area (Å²) in [6, 6.07) is 10.2. The Kier molecular flexibility index (Phi) is 4.82. The van der Waals surface area contributed by atoms with Crippen molar-refractivity contribution in [2.45, 2.75) is 19.9 Å². The normalized spacial score (nSPS) is 12.2. The molecule has 0 bridgehead atoms. The first-order valence-corrected chi connectivity index (χ1v) is 7.23. The Hall–Kier alpha value is -1.52. The lowest BCUT2D eigenvalue weighted by molar-refractivity contribution is 0.201. The maximum Gasteiger partial charge on any atom is 0.119 e. The molecular weight excluding hydrogens is 258 g/mol. The molecule has 0 amide bonds. The molecule has 2 aromatic rings. The molecule has 0 saturated heterocycles. The van der Waals surface area contributed by atoms with Gasteiger partial charge in [0.1, 0.15) is 12.4 Å². The van der Waals surface area contributed by atoms with E-state index in [1.807, 2.05) is 24.3 Å². The molecular formula is C15H19NO2S. The molecule has 0 radical (unpaired) electrons. The van der Waals surface area contributed by atoms with Crippen LogP contribution in [0, 0.1) is 6.92 Å². The second-order valence-corrected chi connectivity index (χ2v) is 5.38. The maximum atomic E-state index is 8.70. The molecule has 0 aliphatic carbocycles. The number of hydrogen-bond donors (Lipinski definition) is 2. The van der Waals surface area contributed by atoms with E-state index in [1.54, 1.807) is 11.3 Å². The van der Waals surface area contributed by atoms with Crippen molar-refractivity contribution >= 4 is 17.0 Å². The lowest BCUT2D eigenvalue weighted by Crippen LogP contribution is -2.06. The van der Waals surface area contributed by atoms with Crippen LogP contribution >= 0.6 is 11.3 Å². The zero-order chi connectivity index (χ0) is 13.7. The number of aliphatic hydroxyl groups is 1. The Morgan fingerprint density at radius 2 is 2.00 bits per heavy atom. The first-order chi connectivity index (χ1) is 9.20. The quantitative estimate of drug-likeness (QED) is 0.847. The van der Waals surface area contributed by atoms with Crippen molar-refractivity contribution in [3.8, 4) is 5.75 Å². The van der Waals surface area contributed by atoms with E-state index in [0.29, 0.717) is 12.6 Å². The van der Waals surface area contributed by atoms with Gasteiger partial charge in [0.05, 0.1) is 12.6 Å². The highest BCUT2D eigenvalue weighted by molar-refractivity contribution is 7.10. The molecule has 1 aromatic heterocycles. The van der Waals surface area contributed by atoms with Crippen LogP contribution in [-0.4, -0.2) is 18.3 Å². The maximum absolute atomic E-state index is 8.70. The second-order valence-electron chi connectivity index (χ2n) is 4.43. The molecule has 1 heterocycles. The van der Waals surface area contributed by atoms with Crippen molar-refractivity contribution < 1.29 is 9.84 Å². The van der Waals surface area contributed by atoms with E-state index in [-0.39, 0.29) is 6.61 Å². The number of anilines is 1. The predicted molar refractivity (Wildman–Crippen MR) is 80.1 cm³/mol. The van der Waals surface area contributed by atoms with Gasteiger partial charge in [-0.05, 0) is 55.1 Å². The molecule has 0 saturated carbocycles. The van der Waals surface area contributed by atoms with E-state index >= 15 is 0 Å². The van der Waals surface area contributed by atoms with Gasteiger partial charge in [0.2, 0.25) is 0 Å². The highest BCUT2D eigenvalue weighted by Gasteiger charge is 2.09. The minimum atomic E-state index is 0.0364. The van der Waals surface area contributed by atoms with Gasteiger partial charge >= 0.3 is 0 Å². The minimum absolute atomic E-state index is 0.0364. The molecule has 4 heteroatoms. The van der Waals surface area contributed by atoms with Crippen LogP contribution in [0.3, 0.4) is 0 Å². The highest BCUT2D eigenvalue weighted by atomic mass is 32.1. The fourth-order valence-corrected chi connectivity index (χ4v) is 2.89. The Bertz CT molecular complexity index is 507. The Morgan fingerprint density at radius 3 is 2.58 bits per heavy atom. The van der Waals surface area contributed by atoms with Crippen LogP contribution in [0.1, 0.15) is 23.4 Å². The molecule has 3 nitrogen and oxygen atoms in total. The summed E-state index contributed by atoms with van der Waals surface area (Å²) in [5, 5.41) is 14.3. The molecule has 2 rings (SSSR count). The van der Waals surface area contributed by atoms with Gasteiger partial charge in [-0.25, -0.2) is 0 Å². The number of aliphatic hydroxyl groups excluding tert-OH is 1. The van der Waals surface area contributed by atoms with Crippen LogP contribution in [0.25, 0.3) is 0 Å². The average Bonchev–Trinajstić information content (AvgIpc) is 2.84. The van der Waals surface area contributed by atoms with Gasteiger partial charge in [0, 0.05) is 10.6 Å². The number of ether oxygens (including phenoxy) is 1. The fourth-order valence-electron chi connectivity index (χ4n) is 1.95. The third-order valence-corrected chi connectivity index (χ3v) is 4.09. The SMILES string of the molecule is Cc1ccsc1C(C)Nc1ccc(OCCO)cc1. The Morgan fingerprint density at radius 1 is 1.26 bits per heavy atom. The van der Waals surface area contributed by atoms with Crippen molar-refractivity contribution in [3.05, 3.63) is 46.2 Å². The van der Waals surface area contributed by atoms with Gasteiger partial charge < -0.3 is 15.2 Å². The topological polar surface area (TPSA) is 41.5 Å². The fraction of sp³-hybridized carbons (Fsp3) is 0.333. The van der Waals surface area contributed by atoms with Crippen LogP contribution in [0.5, 0.6) is 5.75 Å². The molecule has 0 spiro atoms. The Balaban J connectivity index is 1.97. The van der Waals surface area contributed by atoms with E-state index in [1.165, 1.54) is 10.4 Å². The van der Waals surface area contributed by atoms with Gasteiger partial charge in [-0.1, -0.05) is 0 Å². The van der Waals surface area contributed by atoms with Gasteiger partial charge in [-0.3, -0.25) is 0 Å². The van der Waals surface area contributed by atoms with Gasteiger partial charge in [0.15, 0.2) is 0 Å². The molecule has 102 valence electrons. The van der Waals surface area contributed by atoms with E-state index in [4.69, 9.17) is 9.84 Å². The third kappa shape index (κ3) is 3.72. The number of rotatable bonds is 6. The van der Waals surface area contributed by atoms with Crippen molar-refractivity contribution in [2.75, 3.05) is 18.5 Å². The summed E-state index contributed by atoms with van der Waals surface area (Å²) in [6.45, 7) is 4.66. The van der Waals surface area contributed by atoms with Crippen LogP contribution < -0.4 is 10.1 Å². The van der Waals surface area contributed by atoms with E-state index in [9.17, 15) is 0 Å². The largest absolute Gasteiger partial charge is 0.491 e. The zero-order valence-electron chi connectivity index (χ0n) is 11.2. The standard InChI is InChI=1S/C15H19NO2S/c1-11-7-10-19-15(11)12(2)16-13-3-5-14(6-4-13)18-9-8-17/h3-7,10,12,16-17H,8-9H2,1-2H3. The van der Waals surface area contributed by atoms with Crippen molar-refractivity contribution in [3.63, 3.8) is 0 Å². The average molecular weight is 277 g/mol. The molecule has 1 unspecified atom stereocenters. The summed E-state index contributed by atoms with van der Waals surface area (Å²) >= 11 is 1.78. The van der Waals surface area contributed by atoms with Crippen LogP contribution in [0.2, 0.25) is 0 Å². The molecule has 0 aliphatic heterocycles. The van der Waals surface area contributed by atoms with Gasteiger partial charge in [-0.2, -0.15) is 0 Å². The second kappa shape index (κ2) is 6.59. The monoisotopic (exact) mass is 277 g/mol. The first kappa shape index (κ1) is 13.9. The van der Waals surface area contributed by atoms with E-state index in [0.717, 1.165) is 11.4 Å². The molecule has 2 N–H and O–H groups in total. The van der Waals surface area contributed by atoms with Crippen molar-refractivity contribution in [1.82, 2.24) is 0 Å². The number of nitrogens with one attached hydrogen (secondary N) is 1. The molecule has 0 aliphatic rings. The first-order valence-electron chi connectivity index (χ1n) is 6.35. The summed E-state index contributed by atoms with van der Waals surface area (Å²) in [6.07, 6.45) is 0. The number of thiophene rings is 1. The Labute approximate surface area is 117 Å². The van der Waals surface area contributed by atoms with E-state index < -0.39 is 0 Å². The van der Waals surface area contributed by atoms with Crippen LogP contribution in [0.4, 0.5) is 5.69 Å². The van der Waals surface area contributed by atoms with Crippen molar-refractivity contribution in [1.29, 1.82) is 0 Å².